The zero-order valence-corrected chi connectivity index (χ0v) is 11.6. The summed E-state index contributed by atoms with van der Waals surface area (Å²) in [6.07, 6.45) is 0. The third kappa shape index (κ3) is 2.49. The van der Waals surface area contributed by atoms with E-state index in [1.807, 2.05) is 25.1 Å². The molecule has 5 nitrogen and oxygen atoms in total. The van der Waals surface area contributed by atoms with Crippen molar-refractivity contribution in [2.75, 3.05) is 37.7 Å². The third-order valence-corrected chi connectivity index (χ3v) is 3.56. The fourth-order valence-corrected chi connectivity index (χ4v) is 2.49. The molecule has 1 aliphatic heterocycles. The van der Waals surface area contributed by atoms with Gasteiger partial charge >= 0.3 is 0 Å². The summed E-state index contributed by atoms with van der Waals surface area (Å²) in [7, 11) is 0. The predicted octanol–water partition coefficient (Wildman–Crippen LogP) is 1.75. The number of hydrogen-bond acceptors (Lipinski definition) is 3. The molecule has 0 radical (unpaired) electrons. The predicted molar refractivity (Wildman–Crippen MR) is 79.3 cm³/mol. The van der Waals surface area contributed by atoms with E-state index < -0.39 is 0 Å². The number of morpholine rings is 1. The average Bonchev–Trinajstić information content (AvgIpc) is 2.91. The fourth-order valence-electron chi connectivity index (χ4n) is 2.49. The molecule has 1 saturated heterocycles. The third-order valence-electron chi connectivity index (χ3n) is 3.56. The van der Waals surface area contributed by atoms with Gasteiger partial charge in [-0.05, 0) is 25.1 Å². The number of fused-ring (bicyclic) bond motifs is 1. The maximum Gasteiger partial charge on any atom is 0.251 e. The van der Waals surface area contributed by atoms with Gasteiger partial charge in [-0.2, -0.15) is 0 Å². The van der Waals surface area contributed by atoms with E-state index >= 15 is 0 Å². The highest BCUT2D eigenvalue weighted by Gasteiger charge is 2.14. The Morgan fingerprint density at radius 2 is 2.15 bits per heavy atom. The highest BCUT2D eigenvalue weighted by Crippen LogP contribution is 2.23. The summed E-state index contributed by atoms with van der Waals surface area (Å²) < 4.78 is 5.36. The van der Waals surface area contributed by atoms with E-state index in [1.165, 1.54) is 0 Å². The second-order valence-electron chi connectivity index (χ2n) is 4.92. The van der Waals surface area contributed by atoms with Gasteiger partial charge < -0.3 is 19.9 Å². The molecule has 0 atom stereocenters. The molecule has 0 unspecified atom stereocenters. The van der Waals surface area contributed by atoms with Crippen LogP contribution in [0, 0.1) is 0 Å². The lowest BCUT2D eigenvalue weighted by Gasteiger charge is -2.27. The SMILES string of the molecule is CCNC(=O)c1ccc2cc(N3CCOCC3)[nH]c2c1. The molecule has 2 aromatic rings. The van der Waals surface area contributed by atoms with E-state index in [9.17, 15) is 4.79 Å². The minimum Gasteiger partial charge on any atom is -0.378 e. The number of benzene rings is 1. The van der Waals surface area contributed by atoms with E-state index in [2.05, 4.69) is 21.3 Å². The summed E-state index contributed by atoms with van der Waals surface area (Å²) in [6, 6.07) is 7.89. The number of nitrogens with zero attached hydrogens (tertiary/aromatic N) is 1. The van der Waals surface area contributed by atoms with Crippen LogP contribution in [-0.2, 0) is 4.74 Å². The molecule has 20 heavy (non-hydrogen) atoms. The first-order chi connectivity index (χ1) is 9.78. The van der Waals surface area contributed by atoms with Gasteiger partial charge in [-0.25, -0.2) is 0 Å². The molecule has 0 aliphatic carbocycles. The standard InChI is InChI=1S/C15H19N3O2/c1-2-16-15(19)12-4-3-11-10-14(17-13(11)9-12)18-5-7-20-8-6-18/h3-4,9-10,17H,2,5-8H2,1H3,(H,16,19). The summed E-state index contributed by atoms with van der Waals surface area (Å²) in [6.45, 7) is 5.88. The maximum atomic E-state index is 11.8. The zero-order valence-electron chi connectivity index (χ0n) is 11.6. The minimum absolute atomic E-state index is 0.0306. The monoisotopic (exact) mass is 273 g/mol. The topological polar surface area (TPSA) is 57.4 Å². The Labute approximate surface area is 117 Å². The van der Waals surface area contributed by atoms with Crippen molar-refractivity contribution in [3.8, 4) is 0 Å². The molecule has 106 valence electrons. The molecule has 2 N–H and O–H groups in total. The van der Waals surface area contributed by atoms with E-state index in [1.54, 1.807) is 0 Å². The summed E-state index contributed by atoms with van der Waals surface area (Å²) in [5.41, 5.74) is 1.69. The Bertz CT molecular complexity index is 615. The van der Waals surface area contributed by atoms with Crippen molar-refractivity contribution in [3.63, 3.8) is 0 Å². The smallest absolute Gasteiger partial charge is 0.251 e. The highest BCUT2D eigenvalue weighted by molar-refractivity contribution is 5.98. The Morgan fingerprint density at radius 3 is 2.90 bits per heavy atom. The molecule has 1 amide bonds. The van der Waals surface area contributed by atoms with Crippen LogP contribution in [0.5, 0.6) is 0 Å². The molecule has 2 heterocycles. The van der Waals surface area contributed by atoms with Gasteiger partial charge in [0.05, 0.1) is 13.2 Å². The lowest BCUT2D eigenvalue weighted by molar-refractivity contribution is 0.0956. The molecule has 0 saturated carbocycles. The van der Waals surface area contributed by atoms with Gasteiger partial charge in [0.15, 0.2) is 0 Å². The van der Waals surface area contributed by atoms with Gasteiger partial charge in [0, 0.05) is 36.1 Å². The van der Waals surface area contributed by atoms with Gasteiger partial charge in [-0.3, -0.25) is 4.79 Å². The average molecular weight is 273 g/mol. The molecule has 1 fully saturated rings. The normalized spacial score (nSPS) is 15.6. The van der Waals surface area contributed by atoms with Crippen LogP contribution in [0.1, 0.15) is 17.3 Å². The van der Waals surface area contributed by atoms with Crippen LogP contribution in [0.15, 0.2) is 24.3 Å². The van der Waals surface area contributed by atoms with Crippen molar-refractivity contribution >= 4 is 22.6 Å². The first-order valence-corrected chi connectivity index (χ1v) is 7.01. The van der Waals surface area contributed by atoms with Crippen molar-refractivity contribution < 1.29 is 9.53 Å². The zero-order chi connectivity index (χ0) is 13.9. The van der Waals surface area contributed by atoms with E-state index in [-0.39, 0.29) is 5.91 Å². The number of aromatic amines is 1. The number of rotatable bonds is 3. The van der Waals surface area contributed by atoms with Crippen LogP contribution in [0.3, 0.4) is 0 Å². The first-order valence-electron chi connectivity index (χ1n) is 7.01. The van der Waals surface area contributed by atoms with Crippen LogP contribution >= 0.6 is 0 Å². The number of H-pyrrole nitrogens is 1. The molecule has 1 aromatic carbocycles. The minimum atomic E-state index is -0.0306. The van der Waals surface area contributed by atoms with Crippen LogP contribution in [0.2, 0.25) is 0 Å². The first kappa shape index (κ1) is 13.0. The largest absolute Gasteiger partial charge is 0.378 e. The Morgan fingerprint density at radius 1 is 1.35 bits per heavy atom. The van der Waals surface area contributed by atoms with Gasteiger partial charge in [0.25, 0.3) is 5.91 Å². The second-order valence-corrected chi connectivity index (χ2v) is 4.92. The summed E-state index contributed by atoms with van der Waals surface area (Å²) in [5.74, 6) is 1.06. The molecule has 0 bridgehead atoms. The van der Waals surface area contributed by atoms with E-state index in [0.29, 0.717) is 12.1 Å². The number of anilines is 1. The Kier molecular flexibility index (Phi) is 3.60. The number of hydrogen-bond donors (Lipinski definition) is 2. The van der Waals surface area contributed by atoms with Crippen LogP contribution in [0.25, 0.3) is 10.9 Å². The Balaban J connectivity index is 1.88. The van der Waals surface area contributed by atoms with Crippen LogP contribution in [0.4, 0.5) is 5.82 Å². The number of carbonyl (C=O) groups is 1. The fraction of sp³-hybridized carbons (Fsp3) is 0.400. The Hall–Kier alpha value is -2.01. The summed E-state index contributed by atoms with van der Waals surface area (Å²) in [4.78, 5) is 17.5. The summed E-state index contributed by atoms with van der Waals surface area (Å²) >= 11 is 0. The van der Waals surface area contributed by atoms with Gasteiger partial charge in [-0.1, -0.05) is 6.07 Å². The number of aromatic nitrogens is 1. The molecule has 1 aliphatic rings. The highest BCUT2D eigenvalue weighted by atomic mass is 16.5. The lowest BCUT2D eigenvalue weighted by atomic mass is 10.1. The maximum absolute atomic E-state index is 11.8. The summed E-state index contributed by atoms with van der Waals surface area (Å²) in [5, 5.41) is 3.94. The van der Waals surface area contributed by atoms with Crippen molar-refractivity contribution in [1.29, 1.82) is 0 Å². The van der Waals surface area contributed by atoms with Gasteiger partial charge in [0.1, 0.15) is 5.82 Å². The van der Waals surface area contributed by atoms with Crippen molar-refractivity contribution in [2.24, 2.45) is 0 Å². The number of carbonyl (C=O) groups excluding carboxylic acids is 1. The number of amides is 1. The van der Waals surface area contributed by atoms with E-state index in [4.69, 9.17) is 4.74 Å². The van der Waals surface area contributed by atoms with Gasteiger partial charge in [-0.15, -0.1) is 0 Å². The lowest BCUT2D eigenvalue weighted by Crippen LogP contribution is -2.36. The second kappa shape index (κ2) is 5.54. The van der Waals surface area contributed by atoms with Crippen molar-refractivity contribution in [2.45, 2.75) is 6.92 Å². The van der Waals surface area contributed by atoms with Crippen LogP contribution in [-0.4, -0.2) is 43.7 Å². The van der Waals surface area contributed by atoms with Crippen LogP contribution < -0.4 is 10.2 Å². The number of ether oxygens (including phenoxy) is 1. The quantitative estimate of drug-likeness (QED) is 0.896. The molecular formula is C15H19N3O2. The van der Waals surface area contributed by atoms with Gasteiger partial charge in [0.2, 0.25) is 0 Å². The van der Waals surface area contributed by atoms with Crippen molar-refractivity contribution in [1.82, 2.24) is 10.3 Å². The molecular weight excluding hydrogens is 254 g/mol. The van der Waals surface area contributed by atoms with E-state index in [0.717, 1.165) is 43.0 Å². The molecule has 1 aromatic heterocycles. The number of nitrogens with one attached hydrogen (secondary N) is 2. The molecule has 5 heteroatoms. The molecule has 0 spiro atoms. The molecule has 3 rings (SSSR count). The van der Waals surface area contributed by atoms with Crippen molar-refractivity contribution in [3.05, 3.63) is 29.8 Å².